The molecular formula is C16H19NO4Si. The van der Waals surface area contributed by atoms with Crippen LogP contribution in [0.2, 0.25) is 6.04 Å². The third kappa shape index (κ3) is 5.08. The van der Waals surface area contributed by atoms with Gasteiger partial charge in [0, 0.05) is 29.4 Å². The van der Waals surface area contributed by atoms with Crippen LogP contribution in [0, 0.1) is 0 Å². The minimum absolute atomic E-state index is 0.00454. The lowest BCUT2D eigenvalue weighted by Gasteiger charge is -2.10. The number of ketones is 1. The Balaban J connectivity index is 1.89. The molecule has 0 aliphatic heterocycles. The van der Waals surface area contributed by atoms with Gasteiger partial charge in [0.1, 0.15) is 0 Å². The molecule has 0 amide bonds. The van der Waals surface area contributed by atoms with Gasteiger partial charge in [-0.15, -0.1) is 0 Å². The van der Waals surface area contributed by atoms with E-state index in [9.17, 15) is 4.79 Å². The van der Waals surface area contributed by atoms with Crippen molar-refractivity contribution in [3.63, 3.8) is 0 Å². The van der Waals surface area contributed by atoms with E-state index in [-0.39, 0.29) is 11.8 Å². The van der Waals surface area contributed by atoms with Gasteiger partial charge < -0.3 is 19.7 Å². The summed E-state index contributed by atoms with van der Waals surface area (Å²) in [5.74, 6) is -0.0243. The lowest BCUT2D eigenvalue weighted by atomic mass is 10.0. The summed E-state index contributed by atoms with van der Waals surface area (Å²) in [6.45, 7) is 0.516. The van der Waals surface area contributed by atoms with Crippen LogP contribution in [0.25, 0.3) is 0 Å². The van der Waals surface area contributed by atoms with Gasteiger partial charge in [-0.3, -0.25) is 4.79 Å². The van der Waals surface area contributed by atoms with Gasteiger partial charge in [-0.2, -0.15) is 0 Å². The summed E-state index contributed by atoms with van der Waals surface area (Å²) in [6.07, 6.45) is 0.459. The topological polar surface area (TPSA) is 89.8 Å². The van der Waals surface area contributed by atoms with Crippen molar-refractivity contribution >= 4 is 20.3 Å². The molecule has 4 N–H and O–H groups in total. The van der Waals surface area contributed by atoms with Crippen molar-refractivity contribution in [3.8, 4) is 0 Å². The minimum atomic E-state index is -3.94. The zero-order valence-corrected chi connectivity index (χ0v) is 13.1. The molecular weight excluding hydrogens is 298 g/mol. The summed E-state index contributed by atoms with van der Waals surface area (Å²) in [5, 5.41) is 3.10. The van der Waals surface area contributed by atoms with Gasteiger partial charge in [0.15, 0.2) is 5.78 Å². The fourth-order valence-electron chi connectivity index (χ4n) is 2.05. The van der Waals surface area contributed by atoms with Gasteiger partial charge in [0.2, 0.25) is 0 Å². The standard InChI is InChI=1S/C16H19NO4Si/c18-16(13-5-2-1-3-6-13)14-7-9-15(10-8-14)17-11-4-12-22(19,20)21/h1-3,5-10,17,19-21H,4,11-12H2. The van der Waals surface area contributed by atoms with Crippen LogP contribution in [-0.4, -0.2) is 35.5 Å². The second-order valence-corrected chi connectivity index (χ2v) is 7.13. The molecule has 0 saturated carbocycles. The number of benzene rings is 2. The molecule has 0 radical (unpaired) electrons. The van der Waals surface area contributed by atoms with Gasteiger partial charge in [-0.05, 0) is 30.7 Å². The van der Waals surface area contributed by atoms with Crippen LogP contribution in [0.4, 0.5) is 5.69 Å². The van der Waals surface area contributed by atoms with E-state index in [2.05, 4.69) is 5.32 Å². The Kier molecular flexibility index (Phi) is 5.45. The van der Waals surface area contributed by atoms with Crippen LogP contribution >= 0.6 is 0 Å². The highest BCUT2D eigenvalue weighted by Crippen LogP contribution is 2.14. The van der Waals surface area contributed by atoms with Crippen molar-refractivity contribution in [2.24, 2.45) is 0 Å². The first-order valence-corrected chi connectivity index (χ1v) is 9.11. The maximum atomic E-state index is 12.2. The largest absolute Gasteiger partial charge is 0.492 e. The third-order valence-electron chi connectivity index (χ3n) is 3.20. The lowest BCUT2D eigenvalue weighted by molar-refractivity contribution is 0.103. The second-order valence-electron chi connectivity index (χ2n) is 5.08. The fourth-order valence-corrected chi connectivity index (χ4v) is 2.71. The molecule has 0 bridgehead atoms. The molecule has 0 aliphatic carbocycles. The van der Waals surface area contributed by atoms with Crippen molar-refractivity contribution in [2.75, 3.05) is 11.9 Å². The Morgan fingerprint density at radius 1 is 0.909 bits per heavy atom. The summed E-state index contributed by atoms with van der Waals surface area (Å²) < 4.78 is 0. The number of hydrogen-bond donors (Lipinski definition) is 4. The Bertz CT molecular complexity index is 608. The molecule has 0 atom stereocenters. The zero-order valence-electron chi connectivity index (χ0n) is 12.1. The first-order valence-electron chi connectivity index (χ1n) is 7.06. The molecule has 22 heavy (non-hydrogen) atoms. The van der Waals surface area contributed by atoms with Crippen molar-refractivity contribution in [2.45, 2.75) is 12.5 Å². The zero-order chi connectivity index (χ0) is 16.0. The fraction of sp³-hybridized carbons (Fsp3) is 0.188. The Hall–Kier alpha value is -1.99. The number of rotatable bonds is 7. The van der Waals surface area contributed by atoms with E-state index in [0.717, 1.165) is 5.69 Å². The second kappa shape index (κ2) is 7.32. The van der Waals surface area contributed by atoms with Crippen molar-refractivity contribution in [3.05, 3.63) is 65.7 Å². The predicted molar refractivity (Wildman–Crippen MR) is 86.6 cm³/mol. The number of nitrogens with one attached hydrogen (secondary N) is 1. The SMILES string of the molecule is O=C(c1ccccc1)c1ccc(NCCC[Si](O)(O)O)cc1. The lowest BCUT2D eigenvalue weighted by Crippen LogP contribution is -2.34. The molecule has 5 nitrogen and oxygen atoms in total. The monoisotopic (exact) mass is 317 g/mol. The summed E-state index contributed by atoms with van der Waals surface area (Å²) in [5.41, 5.74) is 2.10. The molecule has 0 fully saturated rings. The van der Waals surface area contributed by atoms with E-state index in [1.165, 1.54) is 0 Å². The first kappa shape index (κ1) is 16.4. The van der Waals surface area contributed by atoms with Crippen molar-refractivity contribution < 1.29 is 19.2 Å². The van der Waals surface area contributed by atoms with Crippen LogP contribution in [0.5, 0.6) is 0 Å². The van der Waals surface area contributed by atoms with Crippen molar-refractivity contribution in [1.29, 1.82) is 0 Å². The van der Waals surface area contributed by atoms with Crippen LogP contribution in [0.1, 0.15) is 22.3 Å². The molecule has 0 aromatic heterocycles. The molecule has 2 rings (SSSR count). The van der Waals surface area contributed by atoms with Crippen LogP contribution < -0.4 is 5.32 Å². The van der Waals surface area contributed by atoms with Gasteiger partial charge in [-0.25, -0.2) is 0 Å². The summed E-state index contributed by atoms with van der Waals surface area (Å²) in [4.78, 5) is 38.9. The molecule has 0 aliphatic rings. The highest BCUT2D eigenvalue weighted by Gasteiger charge is 2.25. The molecule has 2 aromatic rings. The molecule has 6 heteroatoms. The smallest absolute Gasteiger partial charge is 0.390 e. The number of anilines is 1. The minimum Gasteiger partial charge on any atom is -0.390 e. The first-order chi connectivity index (χ1) is 10.5. The van der Waals surface area contributed by atoms with Gasteiger partial charge in [0.05, 0.1) is 0 Å². The summed E-state index contributed by atoms with van der Waals surface area (Å²) >= 11 is 0. The van der Waals surface area contributed by atoms with E-state index in [0.29, 0.717) is 24.1 Å². The van der Waals surface area contributed by atoms with Crippen LogP contribution in [-0.2, 0) is 0 Å². The van der Waals surface area contributed by atoms with E-state index in [1.54, 1.807) is 36.4 Å². The Labute approximate surface area is 130 Å². The van der Waals surface area contributed by atoms with Crippen LogP contribution in [0.3, 0.4) is 0 Å². The maximum absolute atomic E-state index is 12.2. The highest BCUT2D eigenvalue weighted by molar-refractivity contribution is 6.56. The molecule has 0 saturated heterocycles. The van der Waals surface area contributed by atoms with E-state index in [1.807, 2.05) is 18.2 Å². The Morgan fingerprint density at radius 3 is 2.09 bits per heavy atom. The molecule has 0 heterocycles. The van der Waals surface area contributed by atoms with Gasteiger partial charge >= 0.3 is 8.80 Å². The normalized spacial score (nSPS) is 11.2. The quantitative estimate of drug-likeness (QED) is 0.354. The molecule has 0 spiro atoms. The van der Waals surface area contributed by atoms with Gasteiger partial charge in [0.25, 0.3) is 0 Å². The predicted octanol–water partition coefficient (Wildman–Crippen LogP) is 1.64. The Morgan fingerprint density at radius 2 is 1.50 bits per heavy atom. The summed E-state index contributed by atoms with van der Waals surface area (Å²) in [6, 6.07) is 16.2. The van der Waals surface area contributed by atoms with E-state index >= 15 is 0 Å². The number of carbonyl (C=O) groups is 1. The summed E-state index contributed by atoms with van der Waals surface area (Å²) in [7, 11) is -3.94. The third-order valence-corrected chi connectivity index (χ3v) is 4.23. The van der Waals surface area contributed by atoms with Crippen molar-refractivity contribution in [1.82, 2.24) is 0 Å². The van der Waals surface area contributed by atoms with E-state index < -0.39 is 8.80 Å². The maximum Gasteiger partial charge on any atom is 0.492 e. The molecule has 0 unspecified atom stereocenters. The average molecular weight is 317 g/mol. The number of hydrogen-bond acceptors (Lipinski definition) is 5. The van der Waals surface area contributed by atoms with Gasteiger partial charge in [-0.1, -0.05) is 30.3 Å². The van der Waals surface area contributed by atoms with Crippen LogP contribution in [0.15, 0.2) is 54.6 Å². The number of carbonyl (C=O) groups excluding carboxylic acids is 1. The average Bonchev–Trinajstić information content (AvgIpc) is 2.51. The molecule has 116 valence electrons. The van der Waals surface area contributed by atoms with E-state index in [4.69, 9.17) is 14.4 Å². The molecule has 2 aromatic carbocycles. The highest BCUT2D eigenvalue weighted by atomic mass is 28.4.